The number of carbonyl (C=O) groups excluding carboxylic acids is 1. The van der Waals surface area contributed by atoms with Crippen LogP contribution in [0.4, 0.5) is 9.93 Å². The van der Waals surface area contributed by atoms with E-state index in [0.717, 1.165) is 46.1 Å². The number of anilines is 1. The molecule has 2 atom stereocenters. The van der Waals surface area contributed by atoms with Gasteiger partial charge in [-0.2, -0.15) is 0 Å². The summed E-state index contributed by atoms with van der Waals surface area (Å²) in [7, 11) is 0. The molecule has 7 nitrogen and oxygen atoms in total. The maximum atomic E-state index is 12.4. The van der Waals surface area contributed by atoms with E-state index < -0.39 is 5.60 Å². The maximum Gasteiger partial charge on any atom is 0.410 e. The number of hydrogen-bond donors (Lipinski definition) is 1. The molecule has 1 N–H and O–H groups in total. The summed E-state index contributed by atoms with van der Waals surface area (Å²) in [5.74, 6) is 0. The fourth-order valence-corrected chi connectivity index (χ4v) is 5.06. The Morgan fingerprint density at radius 3 is 2.79 bits per heavy atom. The number of nitrogens with zero attached hydrogens (tertiary/aromatic N) is 4. The van der Waals surface area contributed by atoms with Crippen LogP contribution in [0.3, 0.4) is 0 Å². The zero-order valence-electron chi connectivity index (χ0n) is 16.2. The van der Waals surface area contributed by atoms with Crippen molar-refractivity contribution in [3.8, 4) is 10.4 Å². The van der Waals surface area contributed by atoms with Crippen molar-refractivity contribution in [3.05, 3.63) is 30.7 Å². The van der Waals surface area contributed by atoms with Crippen LogP contribution in [-0.4, -0.2) is 56.7 Å². The number of carbonyl (C=O) groups is 1. The van der Waals surface area contributed by atoms with Gasteiger partial charge < -0.3 is 14.6 Å². The number of hydrogen-bond acceptors (Lipinski definition) is 6. The van der Waals surface area contributed by atoms with E-state index in [9.17, 15) is 4.79 Å². The van der Waals surface area contributed by atoms with Crippen molar-refractivity contribution in [2.45, 2.75) is 44.9 Å². The zero-order chi connectivity index (χ0) is 19.5. The van der Waals surface area contributed by atoms with E-state index in [1.165, 1.54) is 0 Å². The number of fused-ring (bicyclic) bond motifs is 3. The van der Waals surface area contributed by atoms with Gasteiger partial charge in [0.15, 0.2) is 5.13 Å². The molecular weight excluding hydrogens is 374 g/mol. The van der Waals surface area contributed by atoms with Crippen molar-refractivity contribution < 1.29 is 9.53 Å². The van der Waals surface area contributed by atoms with Crippen molar-refractivity contribution in [2.75, 3.05) is 18.0 Å². The predicted molar refractivity (Wildman–Crippen MR) is 110 cm³/mol. The summed E-state index contributed by atoms with van der Waals surface area (Å²) >= 11 is 1.69. The minimum absolute atomic E-state index is 0.195. The monoisotopic (exact) mass is 397 g/mol. The van der Waals surface area contributed by atoms with Gasteiger partial charge in [-0.25, -0.2) is 14.8 Å². The fourth-order valence-electron chi connectivity index (χ4n) is 4.09. The molecule has 1 amide bonds. The van der Waals surface area contributed by atoms with E-state index in [1.807, 2.05) is 56.4 Å². The molecule has 0 aliphatic carbocycles. The van der Waals surface area contributed by atoms with Crippen LogP contribution in [0, 0.1) is 0 Å². The first-order valence-corrected chi connectivity index (χ1v) is 10.4. The molecule has 28 heavy (non-hydrogen) atoms. The van der Waals surface area contributed by atoms with E-state index in [4.69, 9.17) is 4.74 Å². The lowest BCUT2D eigenvalue weighted by Crippen LogP contribution is -2.70. The number of piperazine rings is 1. The Labute approximate surface area is 167 Å². The van der Waals surface area contributed by atoms with Crippen LogP contribution < -0.4 is 4.90 Å². The van der Waals surface area contributed by atoms with Crippen molar-refractivity contribution >= 4 is 33.6 Å². The molecule has 3 aliphatic rings. The summed E-state index contributed by atoms with van der Waals surface area (Å²) in [5.41, 5.74) is 1.58. The van der Waals surface area contributed by atoms with E-state index in [0.29, 0.717) is 0 Å². The number of rotatable bonds is 2. The average Bonchev–Trinajstić information content (AvgIpc) is 3.29. The van der Waals surface area contributed by atoms with Gasteiger partial charge in [0.1, 0.15) is 11.2 Å². The Hall–Kier alpha value is -2.61. The lowest BCUT2D eigenvalue weighted by Gasteiger charge is -2.55. The number of nitrogens with one attached hydrogen (secondary N) is 1. The minimum atomic E-state index is -0.459. The molecule has 3 aliphatic heterocycles. The number of aromatic amines is 1. The van der Waals surface area contributed by atoms with Crippen LogP contribution in [0.2, 0.25) is 0 Å². The summed E-state index contributed by atoms with van der Waals surface area (Å²) in [4.78, 5) is 30.0. The Kier molecular flexibility index (Phi) is 3.87. The Morgan fingerprint density at radius 2 is 2.04 bits per heavy atom. The third-order valence-electron chi connectivity index (χ3n) is 5.29. The van der Waals surface area contributed by atoms with Crippen molar-refractivity contribution in [2.24, 2.45) is 0 Å². The molecule has 3 aromatic rings. The Morgan fingerprint density at radius 1 is 1.25 bits per heavy atom. The highest BCUT2D eigenvalue weighted by Crippen LogP contribution is 2.39. The van der Waals surface area contributed by atoms with Gasteiger partial charge in [0.25, 0.3) is 0 Å². The highest BCUT2D eigenvalue weighted by Gasteiger charge is 2.49. The van der Waals surface area contributed by atoms with Crippen LogP contribution in [0.15, 0.2) is 30.7 Å². The maximum absolute atomic E-state index is 12.4. The van der Waals surface area contributed by atoms with Gasteiger partial charge in [0, 0.05) is 42.6 Å². The van der Waals surface area contributed by atoms with Gasteiger partial charge in [-0.3, -0.25) is 4.90 Å². The second-order valence-corrected chi connectivity index (χ2v) is 9.45. The van der Waals surface area contributed by atoms with Crippen molar-refractivity contribution in [1.29, 1.82) is 0 Å². The molecule has 3 fully saturated rings. The quantitative estimate of drug-likeness (QED) is 0.710. The second-order valence-electron chi connectivity index (χ2n) is 8.44. The largest absolute Gasteiger partial charge is 0.444 e. The molecule has 146 valence electrons. The highest BCUT2D eigenvalue weighted by atomic mass is 32.1. The predicted octanol–water partition coefficient (Wildman–Crippen LogP) is 3.88. The van der Waals surface area contributed by atoms with Crippen LogP contribution in [0.5, 0.6) is 0 Å². The van der Waals surface area contributed by atoms with Gasteiger partial charge in [-0.05, 0) is 39.3 Å². The minimum Gasteiger partial charge on any atom is -0.444 e. The third-order valence-corrected chi connectivity index (χ3v) is 6.38. The van der Waals surface area contributed by atoms with E-state index in [1.54, 1.807) is 11.3 Å². The number of thiazole rings is 1. The molecule has 3 saturated heterocycles. The van der Waals surface area contributed by atoms with Crippen molar-refractivity contribution in [1.82, 2.24) is 19.9 Å². The smallest absolute Gasteiger partial charge is 0.410 e. The van der Waals surface area contributed by atoms with Gasteiger partial charge in [0.2, 0.25) is 0 Å². The van der Waals surface area contributed by atoms with E-state index >= 15 is 0 Å². The average molecular weight is 398 g/mol. The fraction of sp³-hybridized carbons (Fsp3) is 0.450. The zero-order valence-corrected chi connectivity index (χ0v) is 17.0. The normalized spacial score (nSPS) is 21.7. The van der Waals surface area contributed by atoms with Gasteiger partial charge >= 0.3 is 6.09 Å². The second kappa shape index (κ2) is 6.20. The van der Waals surface area contributed by atoms with Gasteiger partial charge in [-0.1, -0.05) is 11.3 Å². The molecular formula is C20H23N5O2S. The van der Waals surface area contributed by atoms with Crippen LogP contribution >= 0.6 is 11.3 Å². The molecule has 6 heterocycles. The number of H-pyrrole nitrogens is 1. The molecule has 3 aromatic heterocycles. The first kappa shape index (κ1) is 17.5. The number of pyridine rings is 1. The first-order chi connectivity index (χ1) is 13.4. The summed E-state index contributed by atoms with van der Waals surface area (Å²) in [6, 6.07) is 4.49. The van der Waals surface area contributed by atoms with E-state index in [-0.39, 0.29) is 18.2 Å². The lowest BCUT2D eigenvalue weighted by molar-refractivity contribution is -0.0379. The summed E-state index contributed by atoms with van der Waals surface area (Å²) in [6.45, 7) is 7.33. The first-order valence-electron chi connectivity index (χ1n) is 9.53. The number of aromatic nitrogens is 3. The highest BCUT2D eigenvalue weighted by molar-refractivity contribution is 7.19. The number of piperidine rings is 1. The molecule has 8 heteroatoms. The molecule has 0 aromatic carbocycles. The summed E-state index contributed by atoms with van der Waals surface area (Å²) in [5, 5.41) is 2.12. The SMILES string of the molecule is CC(C)(C)OC(=O)N1C2CC1CN(c1ncc(-c3ccnc4[nH]ccc34)s1)C2. The van der Waals surface area contributed by atoms with Gasteiger partial charge in [-0.15, -0.1) is 0 Å². The third kappa shape index (κ3) is 2.92. The molecule has 0 radical (unpaired) electrons. The molecule has 0 saturated carbocycles. The molecule has 6 rings (SSSR count). The molecule has 2 bridgehead atoms. The van der Waals surface area contributed by atoms with Crippen LogP contribution in [-0.2, 0) is 4.74 Å². The van der Waals surface area contributed by atoms with E-state index in [2.05, 4.69) is 19.9 Å². The topological polar surface area (TPSA) is 74.3 Å². The van der Waals surface area contributed by atoms with Crippen LogP contribution in [0.25, 0.3) is 21.5 Å². The molecule has 2 unspecified atom stereocenters. The lowest BCUT2D eigenvalue weighted by atomic mass is 9.88. The summed E-state index contributed by atoms with van der Waals surface area (Å²) < 4.78 is 5.56. The van der Waals surface area contributed by atoms with Crippen molar-refractivity contribution in [3.63, 3.8) is 0 Å². The number of amides is 1. The number of ether oxygens (including phenoxy) is 1. The molecule has 0 spiro atoms. The Balaban J connectivity index is 1.32. The van der Waals surface area contributed by atoms with Crippen LogP contribution in [0.1, 0.15) is 27.2 Å². The standard InChI is InChI=1S/C20H23N5O2S/c1-20(2,3)27-19(26)25-12-8-13(25)11-24(10-12)18-23-9-16(28-18)14-4-6-21-17-15(14)5-7-22-17/h4-7,9,12-13H,8,10-11H2,1-3H3,(H,21,22). The Bertz CT molecular complexity index is 1020. The summed E-state index contributed by atoms with van der Waals surface area (Å²) in [6.07, 6.45) is 6.52. The van der Waals surface area contributed by atoms with Gasteiger partial charge in [0.05, 0.1) is 17.0 Å².